The molecule has 0 saturated carbocycles. The van der Waals surface area contributed by atoms with E-state index in [4.69, 9.17) is 0 Å². The average Bonchev–Trinajstić information content (AvgIpc) is 2.81. The highest BCUT2D eigenvalue weighted by Gasteiger charge is 2.17. The Bertz CT molecular complexity index is 1160. The van der Waals surface area contributed by atoms with Crippen molar-refractivity contribution < 1.29 is 5.11 Å². The lowest BCUT2D eigenvalue weighted by atomic mass is 9.86. The van der Waals surface area contributed by atoms with Crippen molar-refractivity contribution in [3.05, 3.63) is 136 Å². The first-order valence-electron chi connectivity index (χ1n) is 10.9. The summed E-state index contributed by atoms with van der Waals surface area (Å²) in [5, 5.41) is 9.68. The molecule has 4 heteroatoms. The summed E-state index contributed by atoms with van der Waals surface area (Å²) in [6.45, 7) is 2.03. The van der Waals surface area contributed by atoms with E-state index in [1.807, 2.05) is 43.6 Å². The second-order valence-electron chi connectivity index (χ2n) is 8.16. The summed E-state index contributed by atoms with van der Waals surface area (Å²) in [5.41, 5.74) is 4.54. The van der Waals surface area contributed by atoms with Crippen LogP contribution < -0.4 is 5.56 Å². The molecule has 0 amide bonds. The average molecular weight is 425 g/mol. The molecular formula is C28H28N2O2. The van der Waals surface area contributed by atoms with Gasteiger partial charge in [0.05, 0.1) is 0 Å². The highest BCUT2D eigenvalue weighted by molar-refractivity contribution is 5.42. The maximum Gasteiger partial charge on any atom is 0.250 e. The van der Waals surface area contributed by atoms with Gasteiger partial charge in [0.25, 0.3) is 5.56 Å². The first kappa shape index (κ1) is 21.6. The summed E-state index contributed by atoms with van der Waals surface area (Å²) in [7, 11) is 2.02. The zero-order valence-corrected chi connectivity index (χ0v) is 18.3. The molecule has 4 nitrogen and oxygen atoms in total. The molecule has 4 aromatic rings. The van der Waals surface area contributed by atoms with Gasteiger partial charge in [-0.2, -0.15) is 0 Å². The van der Waals surface area contributed by atoms with Crippen LogP contribution in [-0.4, -0.2) is 28.2 Å². The number of aromatic hydroxyl groups is 1. The molecule has 0 spiro atoms. The van der Waals surface area contributed by atoms with Crippen LogP contribution in [0.3, 0.4) is 0 Å². The van der Waals surface area contributed by atoms with Gasteiger partial charge in [-0.05, 0) is 41.4 Å². The molecule has 0 radical (unpaired) electrons. The van der Waals surface area contributed by atoms with E-state index in [9.17, 15) is 9.90 Å². The van der Waals surface area contributed by atoms with Crippen molar-refractivity contribution >= 4 is 0 Å². The van der Waals surface area contributed by atoms with E-state index in [-0.39, 0.29) is 17.2 Å². The first-order chi connectivity index (χ1) is 15.6. The van der Waals surface area contributed by atoms with E-state index >= 15 is 0 Å². The summed E-state index contributed by atoms with van der Waals surface area (Å²) in [5.74, 6) is 0.335. The summed E-state index contributed by atoms with van der Waals surface area (Å²) in [4.78, 5) is 14.7. The van der Waals surface area contributed by atoms with Crippen LogP contribution in [-0.2, 0) is 13.1 Å². The van der Waals surface area contributed by atoms with Gasteiger partial charge in [-0.1, -0.05) is 78.9 Å². The smallest absolute Gasteiger partial charge is 0.250 e. The second kappa shape index (κ2) is 10.1. The van der Waals surface area contributed by atoms with Gasteiger partial charge >= 0.3 is 0 Å². The highest BCUT2D eigenvalue weighted by atomic mass is 16.3. The van der Waals surface area contributed by atoms with Crippen molar-refractivity contribution in [3.63, 3.8) is 0 Å². The Morgan fingerprint density at radius 1 is 0.812 bits per heavy atom. The fourth-order valence-corrected chi connectivity index (χ4v) is 4.09. The van der Waals surface area contributed by atoms with Crippen LogP contribution >= 0.6 is 0 Å². The number of phenols is 1. The van der Waals surface area contributed by atoms with Gasteiger partial charge in [-0.3, -0.25) is 4.79 Å². The highest BCUT2D eigenvalue weighted by Crippen LogP contribution is 2.31. The third-order valence-corrected chi connectivity index (χ3v) is 5.69. The number of benzene rings is 3. The maximum atomic E-state index is 12.6. The van der Waals surface area contributed by atoms with Crippen molar-refractivity contribution in [1.29, 1.82) is 0 Å². The van der Waals surface area contributed by atoms with E-state index in [0.717, 1.165) is 17.7 Å². The predicted molar refractivity (Wildman–Crippen MR) is 129 cm³/mol. The molecular weight excluding hydrogens is 396 g/mol. The quantitative estimate of drug-likeness (QED) is 0.439. The van der Waals surface area contributed by atoms with Gasteiger partial charge in [0.15, 0.2) is 0 Å². The number of hydrogen-bond donors (Lipinski definition) is 1. The Labute approximate surface area is 189 Å². The zero-order chi connectivity index (χ0) is 22.3. The van der Waals surface area contributed by atoms with Crippen LogP contribution in [0, 0.1) is 0 Å². The third-order valence-electron chi connectivity index (χ3n) is 5.69. The van der Waals surface area contributed by atoms with Crippen LogP contribution in [0.25, 0.3) is 0 Å². The minimum atomic E-state index is -0.000575. The number of phenolic OH excluding ortho intramolecular Hbond substituents is 1. The molecule has 1 heterocycles. The van der Waals surface area contributed by atoms with Crippen molar-refractivity contribution in [2.45, 2.75) is 19.0 Å². The Kier molecular flexibility index (Phi) is 6.83. The summed E-state index contributed by atoms with van der Waals surface area (Å²) in [6, 6.07) is 31.7. The molecule has 0 bridgehead atoms. The van der Waals surface area contributed by atoms with Crippen LogP contribution in [0.15, 0.2) is 108 Å². The molecule has 3 aromatic carbocycles. The number of rotatable bonds is 8. The Hall–Kier alpha value is -3.63. The number of likely N-dealkylation sites (N-methyl/N-ethyl adjacent to an activating group) is 1. The first-order valence-corrected chi connectivity index (χ1v) is 10.9. The maximum absolute atomic E-state index is 12.6. The number of nitrogens with zero attached hydrogens (tertiary/aromatic N) is 2. The van der Waals surface area contributed by atoms with E-state index in [1.165, 1.54) is 11.1 Å². The lowest BCUT2D eigenvalue weighted by Gasteiger charge is -2.21. The number of hydrogen-bond acceptors (Lipinski definition) is 3. The third kappa shape index (κ3) is 5.34. The number of aromatic nitrogens is 1. The molecule has 162 valence electrons. The van der Waals surface area contributed by atoms with Gasteiger partial charge in [0.2, 0.25) is 0 Å². The topological polar surface area (TPSA) is 45.5 Å². The molecule has 0 atom stereocenters. The summed E-state index contributed by atoms with van der Waals surface area (Å²) < 4.78 is 1.80. The van der Waals surface area contributed by atoms with Crippen molar-refractivity contribution in [1.82, 2.24) is 9.47 Å². The van der Waals surface area contributed by atoms with Crippen molar-refractivity contribution in [3.8, 4) is 5.75 Å². The molecule has 0 aliphatic carbocycles. The molecule has 0 fully saturated rings. The van der Waals surface area contributed by atoms with Crippen molar-refractivity contribution in [2.24, 2.45) is 0 Å². The van der Waals surface area contributed by atoms with Gasteiger partial charge in [0, 0.05) is 37.8 Å². The predicted octanol–water partition coefficient (Wildman–Crippen LogP) is 4.87. The van der Waals surface area contributed by atoms with E-state index in [0.29, 0.717) is 13.1 Å². The van der Waals surface area contributed by atoms with Gasteiger partial charge < -0.3 is 14.6 Å². The molecule has 0 aliphatic heterocycles. The normalized spacial score (nSPS) is 11.2. The lowest BCUT2D eigenvalue weighted by Crippen LogP contribution is -2.28. The molecule has 1 N–H and O–H groups in total. The van der Waals surface area contributed by atoms with Gasteiger partial charge in [-0.25, -0.2) is 0 Å². The lowest BCUT2D eigenvalue weighted by molar-refractivity contribution is 0.309. The standard InChI is InChI=1S/C28H28N2O2/c1-29(20-22-9-8-14-26(31)19-22)17-18-30-21-25(15-16-27(30)32)28(23-10-4-2-5-11-23)24-12-6-3-7-13-24/h2-16,19,21,28,31H,17-18,20H2,1H3. The van der Waals surface area contributed by atoms with Crippen molar-refractivity contribution in [2.75, 3.05) is 13.6 Å². The largest absolute Gasteiger partial charge is 0.508 e. The monoisotopic (exact) mass is 424 g/mol. The summed E-state index contributed by atoms with van der Waals surface area (Å²) in [6.07, 6.45) is 2.00. The second-order valence-corrected chi connectivity index (χ2v) is 8.16. The minimum Gasteiger partial charge on any atom is -0.508 e. The van der Waals surface area contributed by atoms with E-state index in [1.54, 1.807) is 22.8 Å². The minimum absolute atomic E-state index is 0.000575. The number of pyridine rings is 1. The zero-order valence-electron chi connectivity index (χ0n) is 18.3. The van der Waals surface area contributed by atoms with Gasteiger partial charge in [0.1, 0.15) is 5.75 Å². The Morgan fingerprint density at radius 3 is 2.09 bits per heavy atom. The fourth-order valence-electron chi connectivity index (χ4n) is 4.09. The van der Waals surface area contributed by atoms with E-state index < -0.39 is 0 Å². The van der Waals surface area contributed by atoms with Crippen LogP contribution in [0.1, 0.15) is 28.2 Å². The Balaban J connectivity index is 1.56. The van der Waals surface area contributed by atoms with Crippen LogP contribution in [0.4, 0.5) is 0 Å². The SMILES string of the molecule is CN(CCn1cc(C(c2ccccc2)c2ccccc2)ccc1=O)Cc1cccc(O)c1. The Morgan fingerprint density at radius 2 is 1.47 bits per heavy atom. The molecule has 0 unspecified atom stereocenters. The van der Waals surface area contributed by atoms with E-state index in [2.05, 4.69) is 53.4 Å². The molecule has 0 aliphatic rings. The molecule has 0 saturated heterocycles. The molecule has 1 aromatic heterocycles. The molecule has 4 rings (SSSR count). The van der Waals surface area contributed by atoms with Gasteiger partial charge in [-0.15, -0.1) is 0 Å². The fraction of sp³-hybridized carbons (Fsp3) is 0.179. The molecule has 32 heavy (non-hydrogen) atoms. The van der Waals surface area contributed by atoms with Crippen LogP contribution in [0.5, 0.6) is 5.75 Å². The van der Waals surface area contributed by atoms with Crippen LogP contribution in [0.2, 0.25) is 0 Å². The summed E-state index contributed by atoms with van der Waals surface area (Å²) >= 11 is 0.